The third kappa shape index (κ3) is 1.15. The molecule has 2 heteroatoms. The van der Waals surface area contributed by atoms with E-state index in [4.69, 9.17) is 0 Å². The highest BCUT2D eigenvalue weighted by Gasteiger charge is 2.69. The Bertz CT molecular complexity index is 302. The Labute approximate surface area is 98.4 Å². The minimum Gasteiger partial charge on any atom is -0.294 e. The highest BCUT2D eigenvalue weighted by Crippen LogP contribution is 2.70. The van der Waals surface area contributed by atoms with Crippen molar-refractivity contribution in [2.24, 2.45) is 10.8 Å². The van der Waals surface area contributed by atoms with Gasteiger partial charge in [-0.3, -0.25) is 4.90 Å². The van der Waals surface area contributed by atoms with E-state index in [0.29, 0.717) is 17.4 Å². The average Bonchev–Trinajstić information content (AvgIpc) is 2.79. The summed E-state index contributed by atoms with van der Waals surface area (Å²) in [6.45, 7) is 8.92. The molecule has 0 aromatic heterocycles. The molecule has 3 aliphatic rings. The SMILES string of the molecule is CC(C)(C)C1(C23CCCN2CC(F)C3)CC1. The molecule has 2 aliphatic heterocycles. The lowest BCUT2D eigenvalue weighted by Gasteiger charge is -2.47. The summed E-state index contributed by atoms with van der Waals surface area (Å²) >= 11 is 0. The molecule has 16 heavy (non-hydrogen) atoms. The van der Waals surface area contributed by atoms with Crippen molar-refractivity contribution in [2.45, 2.75) is 64.6 Å². The number of rotatable bonds is 1. The molecule has 0 bridgehead atoms. The molecule has 0 amide bonds. The second kappa shape index (κ2) is 3.01. The van der Waals surface area contributed by atoms with Crippen LogP contribution in [0.2, 0.25) is 0 Å². The lowest BCUT2D eigenvalue weighted by molar-refractivity contribution is 0.0184. The van der Waals surface area contributed by atoms with E-state index in [2.05, 4.69) is 25.7 Å². The van der Waals surface area contributed by atoms with Crippen LogP contribution in [0.5, 0.6) is 0 Å². The molecule has 2 atom stereocenters. The van der Waals surface area contributed by atoms with Gasteiger partial charge in [-0.1, -0.05) is 20.8 Å². The van der Waals surface area contributed by atoms with Crippen LogP contribution in [0.3, 0.4) is 0 Å². The smallest absolute Gasteiger partial charge is 0.115 e. The number of hydrogen-bond acceptors (Lipinski definition) is 1. The summed E-state index contributed by atoms with van der Waals surface area (Å²) in [6, 6.07) is 0. The first-order valence-electron chi connectivity index (χ1n) is 6.80. The summed E-state index contributed by atoms with van der Waals surface area (Å²) < 4.78 is 13.8. The van der Waals surface area contributed by atoms with Gasteiger partial charge in [0.15, 0.2) is 0 Å². The van der Waals surface area contributed by atoms with Crippen molar-refractivity contribution in [3.8, 4) is 0 Å². The molecule has 3 fully saturated rings. The van der Waals surface area contributed by atoms with Crippen LogP contribution in [-0.4, -0.2) is 29.7 Å². The van der Waals surface area contributed by atoms with Crippen molar-refractivity contribution in [2.75, 3.05) is 13.1 Å². The van der Waals surface area contributed by atoms with E-state index in [9.17, 15) is 4.39 Å². The zero-order chi connectivity index (χ0) is 11.6. The van der Waals surface area contributed by atoms with E-state index in [0.717, 1.165) is 13.0 Å². The maximum absolute atomic E-state index is 13.8. The van der Waals surface area contributed by atoms with E-state index in [-0.39, 0.29) is 5.54 Å². The number of nitrogens with zero attached hydrogens (tertiary/aromatic N) is 1. The Morgan fingerprint density at radius 1 is 1.19 bits per heavy atom. The molecule has 1 nitrogen and oxygen atoms in total. The predicted molar refractivity (Wildman–Crippen MR) is 64.2 cm³/mol. The van der Waals surface area contributed by atoms with Gasteiger partial charge in [0.1, 0.15) is 6.17 Å². The van der Waals surface area contributed by atoms with Gasteiger partial charge >= 0.3 is 0 Å². The molecule has 2 heterocycles. The Hall–Kier alpha value is -0.110. The van der Waals surface area contributed by atoms with Crippen LogP contribution in [0, 0.1) is 10.8 Å². The molecule has 0 spiro atoms. The molecule has 0 aromatic rings. The normalized spacial score (nSPS) is 42.4. The maximum Gasteiger partial charge on any atom is 0.115 e. The maximum atomic E-state index is 13.8. The van der Waals surface area contributed by atoms with Crippen molar-refractivity contribution < 1.29 is 4.39 Å². The second-order valence-electron chi connectivity index (χ2n) is 7.21. The van der Waals surface area contributed by atoms with Crippen molar-refractivity contribution >= 4 is 0 Å². The Balaban J connectivity index is 1.98. The zero-order valence-electron chi connectivity index (χ0n) is 10.9. The van der Waals surface area contributed by atoms with Gasteiger partial charge in [-0.15, -0.1) is 0 Å². The summed E-state index contributed by atoms with van der Waals surface area (Å²) in [7, 11) is 0. The molecule has 92 valence electrons. The quantitative estimate of drug-likeness (QED) is 0.661. The first-order chi connectivity index (χ1) is 7.41. The van der Waals surface area contributed by atoms with Crippen LogP contribution in [0.4, 0.5) is 4.39 Å². The Morgan fingerprint density at radius 2 is 1.88 bits per heavy atom. The fourth-order valence-electron chi connectivity index (χ4n) is 4.88. The molecule has 2 saturated heterocycles. The first-order valence-corrected chi connectivity index (χ1v) is 6.80. The number of halogens is 1. The van der Waals surface area contributed by atoms with E-state index < -0.39 is 6.17 Å². The van der Waals surface area contributed by atoms with E-state index in [1.807, 2.05) is 0 Å². The van der Waals surface area contributed by atoms with Crippen LogP contribution in [0.25, 0.3) is 0 Å². The molecule has 3 rings (SSSR count). The highest BCUT2D eigenvalue weighted by molar-refractivity contribution is 5.22. The number of fused-ring (bicyclic) bond motifs is 1. The monoisotopic (exact) mass is 225 g/mol. The third-order valence-corrected chi connectivity index (χ3v) is 5.68. The lowest BCUT2D eigenvalue weighted by Crippen LogP contribution is -2.51. The lowest BCUT2D eigenvalue weighted by atomic mass is 9.63. The molecule has 1 aliphatic carbocycles. The van der Waals surface area contributed by atoms with Gasteiger partial charge in [-0.05, 0) is 49.5 Å². The second-order valence-corrected chi connectivity index (χ2v) is 7.21. The Morgan fingerprint density at radius 3 is 2.44 bits per heavy atom. The van der Waals surface area contributed by atoms with E-state index in [1.54, 1.807) is 0 Å². The van der Waals surface area contributed by atoms with Gasteiger partial charge in [0.2, 0.25) is 0 Å². The summed E-state index contributed by atoms with van der Waals surface area (Å²) in [6.07, 6.45) is 5.40. The van der Waals surface area contributed by atoms with Crippen LogP contribution in [0.15, 0.2) is 0 Å². The van der Waals surface area contributed by atoms with E-state index in [1.165, 1.54) is 25.7 Å². The summed E-state index contributed by atoms with van der Waals surface area (Å²) in [5, 5.41) is 0. The number of hydrogen-bond donors (Lipinski definition) is 0. The van der Waals surface area contributed by atoms with Gasteiger partial charge in [0.05, 0.1) is 0 Å². The highest BCUT2D eigenvalue weighted by atomic mass is 19.1. The minimum absolute atomic E-state index is 0.227. The molecular formula is C14H24FN. The van der Waals surface area contributed by atoms with Crippen molar-refractivity contribution in [3.05, 3.63) is 0 Å². The average molecular weight is 225 g/mol. The van der Waals surface area contributed by atoms with Crippen LogP contribution >= 0.6 is 0 Å². The predicted octanol–water partition coefficient (Wildman–Crippen LogP) is 3.39. The molecular weight excluding hydrogens is 201 g/mol. The topological polar surface area (TPSA) is 3.24 Å². The van der Waals surface area contributed by atoms with Gasteiger partial charge in [0.25, 0.3) is 0 Å². The third-order valence-electron chi connectivity index (χ3n) is 5.68. The van der Waals surface area contributed by atoms with Gasteiger partial charge in [0, 0.05) is 12.1 Å². The summed E-state index contributed by atoms with van der Waals surface area (Å²) in [4.78, 5) is 2.50. The number of alkyl halides is 1. The summed E-state index contributed by atoms with van der Waals surface area (Å²) in [5.41, 5.74) is 0.974. The first kappa shape index (κ1) is 11.0. The zero-order valence-corrected chi connectivity index (χ0v) is 10.9. The molecule has 1 saturated carbocycles. The van der Waals surface area contributed by atoms with Crippen LogP contribution < -0.4 is 0 Å². The van der Waals surface area contributed by atoms with Crippen molar-refractivity contribution in [1.82, 2.24) is 4.90 Å². The molecule has 2 unspecified atom stereocenters. The van der Waals surface area contributed by atoms with Gasteiger partial charge in [-0.2, -0.15) is 0 Å². The fourth-order valence-corrected chi connectivity index (χ4v) is 4.88. The largest absolute Gasteiger partial charge is 0.294 e. The minimum atomic E-state index is -0.569. The van der Waals surface area contributed by atoms with Crippen LogP contribution in [-0.2, 0) is 0 Å². The van der Waals surface area contributed by atoms with Crippen molar-refractivity contribution in [1.29, 1.82) is 0 Å². The summed E-state index contributed by atoms with van der Waals surface area (Å²) in [5.74, 6) is 0. The van der Waals surface area contributed by atoms with Gasteiger partial charge < -0.3 is 0 Å². The molecule has 0 N–H and O–H groups in total. The Kier molecular flexibility index (Phi) is 2.07. The standard InChI is InChI=1S/C14H24FN/c1-12(2,3)13(6-7-13)14-5-4-8-16(14)10-11(15)9-14/h11H,4-10H2,1-3H3. The molecule has 0 aromatic carbocycles. The van der Waals surface area contributed by atoms with Crippen LogP contribution in [0.1, 0.15) is 52.9 Å². The van der Waals surface area contributed by atoms with Crippen molar-refractivity contribution in [3.63, 3.8) is 0 Å². The van der Waals surface area contributed by atoms with Gasteiger partial charge in [-0.25, -0.2) is 4.39 Å². The molecule has 0 radical (unpaired) electrons. The fraction of sp³-hybridized carbons (Fsp3) is 1.00. The van der Waals surface area contributed by atoms with E-state index >= 15 is 0 Å².